The maximum Gasteiger partial charge on any atom is 0.498 e. The lowest BCUT2D eigenvalue weighted by molar-refractivity contribution is -0.0230. The van der Waals surface area contributed by atoms with Crippen LogP contribution in [0.25, 0.3) is 0 Å². The van der Waals surface area contributed by atoms with Crippen molar-refractivity contribution in [3.63, 3.8) is 0 Å². The number of nitriles is 1. The van der Waals surface area contributed by atoms with E-state index in [4.69, 9.17) is 14.6 Å². The normalized spacial score (nSPS) is 22.6. The van der Waals surface area contributed by atoms with Gasteiger partial charge >= 0.3 is 7.12 Å². The first-order valence-corrected chi connectivity index (χ1v) is 5.97. The SMILES string of the molecule is CC1CC(C)(C)OB(c2cc(C#N)ccc2O)O1. The van der Waals surface area contributed by atoms with E-state index in [0.29, 0.717) is 11.0 Å². The molecule has 1 unspecified atom stereocenters. The summed E-state index contributed by atoms with van der Waals surface area (Å²) in [5, 5.41) is 18.8. The standard InChI is InChI=1S/C13H16BNO3/c1-9-7-13(2,3)18-14(17-9)11-6-10(8-15)4-5-12(11)16/h4-6,9,16H,7H2,1-3H3. The van der Waals surface area contributed by atoms with E-state index in [1.807, 2.05) is 26.8 Å². The molecule has 1 atom stereocenters. The average molecular weight is 245 g/mol. The topological polar surface area (TPSA) is 62.5 Å². The molecule has 1 saturated heterocycles. The number of phenolic OH excluding ortho intramolecular Hbond substituents is 1. The number of hydrogen-bond acceptors (Lipinski definition) is 4. The highest BCUT2D eigenvalue weighted by atomic mass is 16.6. The van der Waals surface area contributed by atoms with E-state index in [1.165, 1.54) is 6.07 Å². The predicted octanol–water partition coefficient (Wildman–Crippen LogP) is 1.56. The summed E-state index contributed by atoms with van der Waals surface area (Å²) in [6.07, 6.45) is 0.839. The molecule has 0 amide bonds. The van der Waals surface area contributed by atoms with Crippen molar-refractivity contribution in [3.8, 4) is 11.8 Å². The molecule has 0 radical (unpaired) electrons. The molecular weight excluding hydrogens is 229 g/mol. The Morgan fingerprint density at radius 3 is 2.83 bits per heavy atom. The second kappa shape index (κ2) is 4.64. The van der Waals surface area contributed by atoms with Crippen LogP contribution < -0.4 is 5.46 Å². The fourth-order valence-corrected chi connectivity index (χ4v) is 2.27. The van der Waals surface area contributed by atoms with Crippen LogP contribution in [-0.4, -0.2) is 23.9 Å². The van der Waals surface area contributed by atoms with Crippen LogP contribution >= 0.6 is 0 Å². The summed E-state index contributed by atoms with van der Waals surface area (Å²) in [6, 6.07) is 6.71. The molecule has 4 nitrogen and oxygen atoms in total. The molecule has 1 aromatic rings. The molecule has 0 saturated carbocycles. The summed E-state index contributed by atoms with van der Waals surface area (Å²) >= 11 is 0. The van der Waals surface area contributed by atoms with Crippen molar-refractivity contribution in [2.24, 2.45) is 0 Å². The molecule has 94 valence electrons. The van der Waals surface area contributed by atoms with Crippen LogP contribution in [0.15, 0.2) is 18.2 Å². The van der Waals surface area contributed by atoms with Crippen molar-refractivity contribution >= 4 is 12.6 Å². The fourth-order valence-electron chi connectivity index (χ4n) is 2.27. The number of aromatic hydroxyl groups is 1. The first kappa shape index (κ1) is 12.9. The first-order valence-electron chi connectivity index (χ1n) is 5.97. The molecule has 5 heteroatoms. The highest BCUT2D eigenvalue weighted by molar-refractivity contribution is 6.62. The highest BCUT2D eigenvalue weighted by Crippen LogP contribution is 2.26. The van der Waals surface area contributed by atoms with E-state index in [-0.39, 0.29) is 17.5 Å². The van der Waals surface area contributed by atoms with E-state index >= 15 is 0 Å². The Balaban J connectivity index is 2.33. The van der Waals surface area contributed by atoms with Crippen LogP contribution in [0.4, 0.5) is 0 Å². The molecule has 1 aromatic carbocycles. The van der Waals surface area contributed by atoms with Gasteiger partial charge in [0.25, 0.3) is 0 Å². The van der Waals surface area contributed by atoms with Crippen molar-refractivity contribution in [1.29, 1.82) is 5.26 Å². The fraction of sp³-hybridized carbons (Fsp3) is 0.462. The van der Waals surface area contributed by atoms with E-state index in [9.17, 15) is 5.11 Å². The molecule has 18 heavy (non-hydrogen) atoms. The van der Waals surface area contributed by atoms with Gasteiger partial charge in [0.15, 0.2) is 0 Å². The van der Waals surface area contributed by atoms with E-state index in [2.05, 4.69) is 0 Å². The first-order chi connectivity index (χ1) is 8.41. The van der Waals surface area contributed by atoms with Crippen LogP contribution in [0.1, 0.15) is 32.8 Å². The van der Waals surface area contributed by atoms with Crippen molar-refractivity contribution in [3.05, 3.63) is 23.8 Å². The largest absolute Gasteiger partial charge is 0.508 e. The van der Waals surface area contributed by atoms with Crippen LogP contribution in [0.2, 0.25) is 0 Å². The zero-order valence-corrected chi connectivity index (χ0v) is 10.8. The summed E-state index contributed by atoms with van der Waals surface area (Å²) in [5.74, 6) is 0.0869. The van der Waals surface area contributed by atoms with Gasteiger partial charge in [0, 0.05) is 11.6 Å². The average Bonchev–Trinajstić information content (AvgIpc) is 2.27. The maximum absolute atomic E-state index is 9.87. The smallest absolute Gasteiger partial charge is 0.498 e. The molecule has 0 spiro atoms. The Kier molecular flexibility index (Phi) is 3.33. The van der Waals surface area contributed by atoms with Gasteiger partial charge in [0.05, 0.1) is 17.2 Å². The van der Waals surface area contributed by atoms with Gasteiger partial charge < -0.3 is 14.4 Å². The Bertz CT molecular complexity index is 495. The van der Waals surface area contributed by atoms with Crippen LogP contribution in [0.5, 0.6) is 5.75 Å². The minimum absolute atomic E-state index is 0.0453. The Morgan fingerprint density at radius 2 is 2.22 bits per heavy atom. The Hall–Kier alpha value is -1.51. The monoisotopic (exact) mass is 245 g/mol. The predicted molar refractivity (Wildman–Crippen MR) is 68.5 cm³/mol. The molecule has 1 aliphatic heterocycles. The van der Waals surface area contributed by atoms with Crippen LogP contribution in [0, 0.1) is 11.3 Å². The number of benzene rings is 1. The van der Waals surface area contributed by atoms with Gasteiger partial charge in [0.2, 0.25) is 0 Å². The Morgan fingerprint density at radius 1 is 1.50 bits per heavy atom. The van der Waals surface area contributed by atoms with Gasteiger partial charge in [-0.2, -0.15) is 5.26 Å². The number of nitrogens with zero attached hydrogens (tertiary/aromatic N) is 1. The second-order valence-electron chi connectivity index (χ2n) is 5.25. The van der Waals surface area contributed by atoms with E-state index < -0.39 is 7.12 Å². The van der Waals surface area contributed by atoms with Crippen LogP contribution in [0.3, 0.4) is 0 Å². The van der Waals surface area contributed by atoms with E-state index in [0.717, 1.165) is 6.42 Å². The third-order valence-corrected chi connectivity index (χ3v) is 2.97. The maximum atomic E-state index is 9.87. The lowest BCUT2D eigenvalue weighted by Gasteiger charge is -2.38. The minimum Gasteiger partial charge on any atom is -0.508 e. The number of hydrogen-bond donors (Lipinski definition) is 1. The van der Waals surface area contributed by atoms with Gasteiger partial charge in [-0.3, -0.25) is 0 Å². The number of phenols is 1. The van der Waals surface area contributed by atoms with Gasteiger partial charge in [0.1, 0.15) is 5.75 Å². The molecule has 1 aliphatic rings. The molecular formula is C13H16BNO3. The van der Waals surface area contributed by atoms with Gasteiger partial charge in [-0.15, -0.1) is 0 Å². The van der Waals surface area contributed by atoms with Crippen molar-refractivity contribution < 1.29 is 14.4 Å². The van der Waals surface area contributed by atoms with Gasteiger partial charge in [-0.05, 0) is 45.4 Å². The zero-order valence-electron chi connectivity index (χ0n) is 10.8. The summed E-state index contributed by atoms with van der Waals surface area (Å²) in [6.45, 7) is 5.96. The molecule has 1 heterocycles. The Labute approximate surface area is 107 Å². The lowest BCUT2D eigenvalue weighted by atomic mass is 9.74. The van der Waals surface area contributed by atoms with Crippen molar-refractivity contribution in [2.45, 2.75) is 38.9 Å². The third kappa shape index (κ3) is 2.66. The van der Waals surface area contributed by atoms with Crippen molar-refractivity contribution in [1.82, 2.24) is 0 Å². The summed E-state index contributed by atoms with van der Waals surface area (Å²) in [5.41, 5.74) is 0.678. The molecule has 0 bridgehead atoms. The molecule has 1 N–H and O–H groups in total. The van der Waals surface area contributed by atoms with E-state index in [1.54, 1.807) is 12.1 Å². The van der Waals surface area contributed by atoms with Crippen LogP contribution in [-0.2, 0) is 9.31 Å². The zero-order chi connectivity index (χ0) is 13.3. The molecule has 1 fully saturated rings. The molecule has 0 aromatic heterocycles. The summed E-state index contributed by atoms with van der Waals surface area (Å²) in [7, 11) is -0.628. The quantitative estimate of drug-likeness (QED) is 0.762. The minimum atomic E-state index is -0.628. The third-order valence-electron chi connectivity index (χ3n) is 2.97. The molecule has 0 aliphatic carbocycles. The second-order valence-corrected chi connectivity index (χ2v) is 5.25. The lowest BCUT2D eigenvalue weighted by Crippen LogP contribution is -2.51. The van der Waals surface area contributed by atoms with Gasteiger partial charge in [-0.1, -0.05) is 0 Å². The summed E-state index contributed by atoms with van der Waals surface area (Å²) in [4.78, 5) is 0. The molecule has 2 rings (SSSR count). The van der Waals surface area contributed by atoms with Crippen molar-refractivity contribution in [2.75, 3.05) is 0 Å². The number of rotatable bonds is 1. The summed E-state index contributed by atoms with van der Waals surface area (Å²) < 4.78 is 11.5. The highest BCUT2D eigenvalue weighted by Gasteiger charge is 2.39. The van der Waals surface area contributed by atoms with Gasteiger partial charge in [-0.25, -0.2) is 0 Å².